The number of nitrogens with zero attached hydrogens (tertiary/aromatic N) is 2. The van der Waals surface area contributed by atoms with E-state index >= 15 is 0 Å². The SMILES string of the molecule is CCN(CCCN(S)C(C)C)C(C)C. The van der Waals surface area contributed by atoms with Gasteiger partial charge in [0.1, 0.15) is 0 Å². The van der Waals surface area contributed by atoms with E-state index in [2.05, 4.69) is 56.6 Å². The van der Waals surface area contributed by atoms with Gasteiger partial charge in [-0.05, 0) is 47.2 Å². The lowest BCUT2D eigenvalue weighted by Gasteiger charge is -2.26. The van der Waals surface area contributed by atoms with Crippen molar-refractivity contribution in [2.24, 2.45) is 0 Å². The first-order valence-electron chi connectivity index (χ1n) is 5.68. The Balaban J connectivity index is 3.61. The van der Waals surface area contributed by atoms with Crippen molar-refractivity contribution < 1.29 is 0 Å². The lowest BCUT2D eigenvalue weighted by molar-refractivity contribution is 0.222. The summed E-state index contributed by atoms with van der Waals surface area (Å²) in [4.78, 5) is 2.49. The fraction of sp³-hybridized carbons (Fsp3) is 1.00. The molecule has 86 valence electrons. The molecular formula is C11H26N2S. The summed E-state index contributed by atoms with van der Waals surface area (Å²) in [6.07, 6.45) is 1.20. The molecule has 0 radical (unpaired) electrons. The van der Waals surface area contributed by atoms with Crippen LogP contribution in [0.4, 0.5) is 0 Å². The average Bonchev–Trinajstić information content (AvgIpc) is 2.11. The summed E-state index contributed by atoms with van der Waals surface area (Å²) in [6, 6.07) is 1.19. The van der Waals surface area contributed by atoms with Crippen molar-refractivity contribution >= 4 is 12.8 Å². The molecule has 0 unspecified atom stereocenters. The second-order valence-corrected chi connectivity index (χ2v) is 4.85. The van der Waals surface area contributed by atoms with E-state index in [0.29, 0.717) is 12.1 Å². The molecule has 0 aliphatic carbocycles. The minimum atomic E-state index is 0.535. The normalized spacial score (nSPS) is 12.4. The minimum Gasteiger partial charge on any atom is -0.301 e. The maximum Gasteiger partial charge on any atom is 0.0143 e. The van der Waals surface area contributed by atoms with Crippen molar-refractivity contribution in [1.82, 2.24) is 9.21 Å². The van der Waals surface area contributed by atoms with Gasteiger partial charge < -0.3 is 4.90 Å². The van der Waals surface area contributed by atoms with Crippen molar-refractivity contribution in [3.63, 3.8) is 0 Å². The summed E-state index contributed by atoms with van der Waals surface area (Å²) in [5, 5.41) is 0. The van der Waals surface area contributed by atoms with Crippen molar-refractivity contribution in [3.8, 4) is 0 Å². The number of hydrogen-bond donors (Lipinski definition) is 1. The van der Waals surface area contributed by atoms with Gasteiger partial charge in [0.05, 0.1) is 0 Å². The van der Waals surface area contributed by atoms with Crippen LogP contribution in [-0.2, 0) is 0 Å². The largest absolute Gasteiger partial charge is 0.301 e. The first kappa shape index (κ1) is 14.3. The third-order valence-electron chi connectivity index (χ3n) is 2.57. The van der Waals surface area contributed by atoms with Crippen molar-refractivity contribution in [3.05, 3.63) is 0 Å². The molecule has 0 saturated heterocycles. The lowest BCUT2D eigenvalue weighted by Crippen LogP contribution is -2.33. The van der Waals surface area contributed by atoms with Gasteiger partial charge in [-0.1, -0.05) is 19.7 Å². The highest BCUT2D eigenvalue weighted by Gasteiger charge is 2.08. The highest BCUT2D eigenvalue weighted by molar-refractivity contribution is 7.77. The molecule has 0 rings (SSSR count). The number of thiol groups is 1. The Morgan fingerprint density at radius 3 is 1.93 bits per heavy atom. The van der Waals surface area contributed by atoms with Crippen LogP contribution in [0.2, 0.25) is 0 Å². The third-order valence-corrected chi connectivity index (χ3v) is 3.23. The zero-order valence-electron chi connectivity index (χ0n) is 10.3. The van der Waals surface area contributed by atoms with Gasteiger partial charge in [-0.3, -0.25) is 4.31 Å². The molecule has 0 aromatic rings. The Bertz CT molecular complexity index is 137. The van der Waals surface area contributed by atoms with Crippen LogP contribution in [0.25, 0.3) is 0 Å². The van der Waals surface area contributed by atoms with Crippen LogP contribution in [0, 0.1) is 0 Å². The van der Waals surface area contributed by atoms with Crippen molar-refractivity contribution in [1.29, 1.82) is 0 Å². The fourth-order valence-electron chi connectivity index (χ4n) is 1.48. The Kier molecular flexibility index (Phi) is 7.69. The summed E-state index contributed by atoms with van der Waals surface area (Å²) < 4.78 is 2.11. The summed E-state index contributed by atoms with van der Waals surface area (Å²) >= 11 is 4.42. The third kappa shape index (κ3) is 5.89. The zero-order chi connectivity index (χ0) is 11.1. The highest BCUT2D eigenvalue weighted by Crippen LogP contribution is 2.05. The molecule has 2 nitrogen and oxygen atoms in total. The average molecular weight is 218 g/mol. The van der Waals surface area contributed by atoms with Crippen molar-refractivity contribution in [2.75, 3.05) is 19.6 Å². The van der Waals surface area contributed by atoms with E-state index in [9.17, 15) is 0 Å². The predicted molar refractivity (Wildman–Crippen MR) is 67.8 cm³/mol. The molecule has 0 heterocycles. The molecular weight excluding hydrogens is 192 g/mol. The van der Waals surface area contributed by atoms with Gasteiger partial charge in [-0.2, -0.15) is 0 Å². The van der Waals surface area contributed by atoms with Gasteiger partial charge in [0.25, 0.3) is 0 Å². The number of rotatable bonds is 7. The van der Waals surface area contributed by atoms with Crippen LogP contribution in [0.3, 0.4) is 0 Å². The summed E-state index contributed by atoms with van der Waals surface area (Å²) in [5.41, 5.74) is 0. The summed E-state index contributed by atoms with van der Waals surface area (Å²) in [7, 11) is 0. The van der Waals surface area contributed by atoms with Gasteiger partial charge in [0.15, 0.2) is 0 Å². The molecule has 0 aliphatic rings. The molecule has 0 spiro atoms. The quantitative estimate of drug-likeness (QED) is 0.656. The molecule has 0 aliphatic heterocycles. The Labute approximate surface area is 95.2 Å². The maximum atomic E-state index is 4.42. The van der Waals surface area contributed by atoms with Gasteiger partial charge in [-0.25, -0.2) is 0 Å². The smallest absolute Gasteiger partial charge is 0.0143 e. The van der Waals surface area contributed by atoms with E-state index in [1.54, 1.807) is 0 Å². The van der Waals surface area contributed by atoms with Gasteiger partial charge >= 0.3 is 0 Å². The van der Waals surface area contributed by atoms with E-state index in [0.717, 1.165) is 13.1 Å². The molecule has 0 N–H and O–H groups in total. The van der Waals surface area contributed by atoms with E-state index in [1.807, 2.05) is 0 Å². The van der Waals surface area contributed by atoms with E-state index in [1.165, 1.54) is 13.0 Å². The first-order valence-corrected chi connectivity index (χ1v) is 6.08. The fourth-order valence-corrected chi connectivity index (χ4v) is 1.62. The molecule has 0 atom stereocenters. The molecule has 0 fully saturated rings. The van der Waals surface area contributed by atoms with Crippen LogP contribution in [0.5, 0.6) is 0 Å². The zero-order valence-corrected chi connectivity index (χ0v) is 11.2. The molecule has 0 saturated carbocycles. The van der Waals surface area contributed by atoms with Crippen LogP contribution in [0.1, 0.15) is 41.0 Å². The van der Waals surface area contributed by atoms with Gasteiger partial charge in [-0.15, -0.1) is 0 Å². The van der Waals surface area contributed by atoms with E-state index in [4.69, 9.17) is 0 Å². The summed E-state index contributed by atoms with van der Waals surface area (Å²) in [6.45, 7) is 14.5. The number of hydrogen-bond acceptors (Lipinski definition) is 3. The van der Waals surface area contributed by atoms with Crippen LogP contribution in [-0.4, -0.2) is 40.9 Å². The van der Waals surface area contributed by atoms with Crippen LogP contribution >= 0.6 is 12.8 Å². The Morgan fingerprint density at radius 2 is 1.57 bits per heavy atom. The topological polar surface area (TPSA) is 6.48 Å². The second kappa shape index (κ2) is 7.55. The second-order valence-electron chi connectivity index (χ2n) is 4.33. The molecule has 3 heteroatoms. The van der Waals surface area contributed by atoms with Crippen LogP contribution in [0.15, 0.2) is 0 Å². The first-order chi connectivity index (χ1) is 6.49. The Hall–Kier alpha value is 0.270. The van der Waals surface area contributed by atoms with Gasteiger partial charge in [0, 0.05) is 18.6 Å². The molecule has 0 aromatic carbocycles. The lowest BCUT2D eigenvalue weighted by atomic mass is 10.2. The molecule has 0 amide bonds. The highest BCUT2D eigenvalue weighted by atomic mass is 32.1. The molecule has 14 heavy (non-hydrogen) atoms. The molecule has 0 aromatic heterocycles. The predicted octanol–water partition coefficient (Wildman–Crippen LogP) is 2.66. The monoisotopic (exact) mass is 218 g/mol. The minimum absolute atomic E-state index is 0.535. The van der Waals surface area contributed by atoms with E-state index in [-0.39, 0.29) is 0 Å². The summed E-state index contributed by atoms with van der Waals surface area (Å²) in [5.74, 6) is 0. The maximum absolute atomic E-state index is 4.42. The van der Waals surface area contributed by atoms with E-state index < -0.39 is 0 Å². The Morgan fingerprint density at radius 1 is 1.00 bits per heavy atom. The van der Waals surface area contributed by atoms with Crippen LogP contribution < -0.4 is 0 Å². The van der Waals surface area contributed by atoms with Gasteiger partial charge in [0.2, 0.25) is 0 Å². The molecule has 0 bridgehead atoms. The van der Waals surface area contributed by atoms with Crippen molar-refractivity contribution in [2.45, 2.75) is 53.1 Å². The standard InChI is InChI=1S/C11H26N2S/c1-6-12(10(2)3)8-7-9-13(14)11(4)5/h10-11,14H,6-9H2,1-5H3.